The van der Waals surface area contributed by atoms with Crippen molar-refractivity contribution < 1.29 is 8.78 Å². The number of nitrogens with zero attached hydrogens (tertiary/aromatic N) is 6. The standard InChI is InChI=1S/C32H28Cl2F2N8/c1-2-43-11-10-29(27(36)17-43)44-18-28(41-42-44)31(19-6-4-3-5-7-19)40-22-12-23-30(39-21-8-9-26(35)24(33)13-21)20(15-37)16-38-32(23)25(34)14-22/h3-9,12-14,16,18,27,29,31,40H,2,10-11,17H2,1H3,(H,38,39)/t27-,29?,31+/m1/s1. The Morgan fingerprint density at radius 1 is 1.09 bits per heavy atom. The maximum atomic E-state index is 15.1. The molecule has 12 heteroatoms. The van der Waals surface area contributed by atoms with Crippen molar-refractivity contribution in [2.24, 2.45) is 0 Å². The van der Waals surface area contributed by atoms with Crippen molar-refractivity contribution >= 4 is 51.2 Å². The molecule has 1 saturated heterocycles. The van der Waals surface area contributed by atoms with Gasteiger partial charge in [-0.3, -0.25) is 4.98 Å². The molecule has 8 nitrogen and oxygen atoms in total. The van der Waals surface area contributed by atoms with E-state index >= 15 is 4.39 Å². The topological polar surface area (TPSA) is 94.7 Å². The molecule has 3 atom stereocenters. The molecule has 1 aliphatic heterocycles. The molecule has 0 saturated carbocycles. The van der Waals surface area contributed by atoms with Crippen LogP contribution in [-0.4, -0.2) is 50.7 Å². The van der Waals surface area contributed by atoms with Gasteiger partial charge in [-0.25, -0.2) is 13.5 Å². The van der Waals surface area contributed by atoms with E-state index in [-0.39, 0.29) is 10.6 Å². The smallest absolute Gasteiger partial charge is 0.141 e. The van der Waals surface area contributed by atoms with E-state index in [1.54, 1.807) is 16.9 Å². The SMILES string of the molecule is CCN1CCC(n2cc([C@@H](Nc3cc(Cl)c4ncc(C#N)c(Nc5ccc(F)c(Cl)c5)c4c3)c3ccccc3)nn2)[C@H](F)C1. The van der Waals surface area contributed by atoms with Gasteiger partial charge < -0.3 is 15.5 Å². The number of nitriles is 1. The largest absolute Gasteiger partial charge is 0.373 e. The molecule has 0 bridgehead atoms. The lowest BCUT2D eigenvalue weighted by Crippen LogP contribution is -2.42. The molecule has 44 heavy (non-hydrogen) atoms. The summed E-state index contributed by atoms with van der Waals surface area (Å²) in [7, 11) is 0. The Balaban J connectivity index is 1.38. The number of aromatic nitrogens is 4. The number of fused-ring (bicyclic) bond motifs is 1. The quantitative estimate of drug-likeness (QED) is 0.181. The van der Waals surface area contributed by atoms with Gasteiger partial charge >= 0.3 is 0 Å². The normalized spacial score (nSPS) is 17.7. The highest BCUT2D eigenvalue weighted by molar-refractivity contribution is 6.36. The fourth-order valence-corrected chi connectivity index (χ4v) is 5.99. The Kier molecular flexibility index (Phi) is 8.62. The van der Waals surface area contributed by atoms with E-state index < -0.39 is 24.1 Å². The van der Waals surface area contributed by atoms with E-state index in [9.17, 15) is 9.65 Å². The van der Waals surface area contributed by atoms with Crippen molar-refractivity contribution in [3.63, 3.8) is 0 Å². The summed E-state index contributed by atoms with van der Waals surface area (Å²) < 4.78 is 30.6. The summed E-state index contributed by atoms with van der Waals surface area (Å²) in [5, 5.41) is 26.3. The van der Waals surface area contributed by atoms with Crippen molar-refractivity contribution in [1.29, 1.82) is 5.26 Å². The molecule has 1 aliphatic rings. The monoisotopic (exact) mass is 632 g/mol. The molecule has 1 unspecified atom stereocenters. The van der Waals surface area contributed by atoms with E-state index in [2.05, 4.69) is 36.9 Å². The van der Waals surface area contributed by atoms with Gasteiger partial charge in [0.15, 0.2) is 0 Å². The zero-order valence-corrected chi connectivity index (χ0v) is 25.2. The van der Waals surface area contributed by atoms with Crippen molar-refractivity contribution in [2.75, 3.05) is 30.3 Å². The highest BCUT2D eigenvalue weighted by Gasteiger charge is 2.31. The first kappa shape index (κ1) is 29.8. The van der Waals surface area contributed by atoms with Crippen molar-refractivity contribution in [2.45, 2.75) is 31.6 Å². The first-order valence-corrected chi connectivity index (χ1v) is 14.9. The number of anilines is 3. The molecule has 0 aliphatic carbocycles. The minimum atomic E-state index is -1.05. The molecule has 3 aromatic carbocycles. The molecule has 0 amide bonds. The average molecular weight is 634 g/mol. The second kappa shape index (κ2) is 12.7. The van der Waals surface area contributed by atoms with Crippen LogP contribution in [0.5, 0.6) is 0 Å². The van der Waals surface area contributed by atoms with Crippen LogP contribution in [-0.2, 0) is 0 Å². The Morgan fingerprint density at radius 2 is 1.89 bits per heavy atom. The van der Waals surface area contributed by atoms with E-state index in [4.69, 9.17) is 23.2 Å². The van der Waals surface area contributed by atoms with Gasteiger partial charge in [0.1, 0.15) is 23.8 Å². The molecule has 0 radical (unpaired) electrons. The fraction of sp³-hybridized carbons (Fsp3) is 0.250. The maximum absolute atomic E-state index is 15.1. The Labute approximate surface area is 263 Å². The molecule has 5 aromatic rings. The number of alkyl halides is 1. The Bertz CT molecular complexity index is 1840. The Hall–Kier alpha value is -4.30. The summed E-state index contributed by atoms with van der Waals surface area (Å²) in [6.07, 6.45) is 2.82. The zero-order chi connectivity index (χ0) is 30.8. The second-order valence-electron chi connectivity index (χ2n) is 10.6. The molecule has 0 spiro atoms. The average Bonchev–Trinajstić information content (AvgIpc) is 3.52. The van der Waals surface area contributed by atoms with Gasteiger partial charge in [-0.05, 0) is 48.9 Å². The first-order chi connectivity index (χ1) is 21.3. The lowest BCUT2D eigenvalue weighted by molar-refractivity contribution is 0.0865. The van der Waals surface area contributed by atoms with Crippen LogP contribution in [0, 0.1) is 17.1 Å². The van der Waals surface area contributed by atoms with E-state index in [1.165, 1.54) is 24.4 Å². The number of nitrogens with one attached hydrogen (secondary N) is 2. The molecule has 224 valence electrons. The Morgan fingerprint density at radius 3 is 2.61 bits per heavy atom. The second-order valence-corrected chi connectivity index (χ2v) is 11.5. The number of benzene rings is 3. The fourth-order valence-electron chi connectivity index (χ4n) is 5.55. The van der Waals surface area contributed by atoms with Crippen molar-refractivity contribution in [1.82, 2.24) is 24.9 Å². The predicted molar refractivity (Wildman–Crippen MR) is 169 cm³/mol. The van der Waals surface area contributed by atoms with E-state index in [1.807, 2.05) is 43.3 Å². The van der Waals surface area contributed by atoms with Gasteiger partial charge in [0.25, 0.3) is 0 Å². The first-order valence-electron chi connectivity index (χ1n) is 14.2. The summed E-state index contributed by atoms with van der Waals surface area (Å²) in [5.74, 6) is -0.552. The molecule has 1 fully saturated rings. The third kappa shape index (κ3) is 6.04. The van der Waals surface area contributed by atoms with Gasteiger partial charge in [0.05, 0.1) is 45.1 Å². The number of pyridine rings is 1. The molecule has 3 heterocycles. The molecule has 6 rings (SSSR count). The van der Waals surface area contributed by atoms with E-state index in [0.717, 1.165) is 18.7 Å². The van der Waals surface area contributed by atoms with Gasteiger partial charge in [-0.1, -0.05) is 65.7 Å². The summed E-state index contributed by atoms with van der Waals surface area (Å²) >= 11 is 12.7. The summed E-state index contributed by atoms with van der Waals surface area (Å²) in [6, 6.07) is 18.8. The predicted octanol–water partition coefficient (Wildman–Crippen LogP) is 7.69. The molecule has 2 N–H and O–H groups in total. The summed E-state index contributed by atoms with van der Waals surface area (Å²) in [4.78, 5) is 6.52. The maximum Gasteiger partial charge on any atom is 0.141 e. The number of rotatable bonds is 8. The third-order valence-corrected chi connectivity index (χ3v) is 8.46. The van der Waals surface area contributed by atoms with Crippen molar-refractivity contribution in [3.05, 3.63) is 106 Å². The summed E-state index contributed by atoms with van der Waals surface area (Å²) in [5.41, 5.74) is 3.83. The van der Waals surface area contributed by atoms with Crippen molar-refractivity contribution in [3.8, 4) is 6.07 Å². The van der Waals surface area contributed by atoms with Gasteiger partial charge in [-0.15, -0.1) is 5.10 Å². The molecule has 2 aromatic heterocycles. The van der Waals surface area contributed by atoms with Crippen LogP contribution in [0.2, 0.25) is 10.0 Å². The number of hydrogen-bond donors (Lipinski definition) is 2. The minimum absolute atomic E-state index is 0.0546. The van der Waals surface area contributed by atoms with Crippen LogP contribution in [0.4, 0.5) is 25.8 Å². The zero-order valence-electron chi connectivity index (χ0n) is 23.7. The highest BCUT2D eigenvalue weighted by atomic mass is 35.5. The third-order valence-electron chi connectivity index (χ3n) is 7.88. The minimum Gasteiger partial charge on any atom is -0.373 e. The van der Waals surface area contributed by atoms with Crippen LogP contribution in [0.15, 0.2) is 73.1 Å². The van der Waals surface area contributed by atoms with Crippen LogP contribution in [0.3, 0.4) is 0 Å². The van der Waals surface area contributed by atoms with Crippen LogP contribution in [0.25, 0.3) is 10.9 Å². The number of hydrogen-bond acceptors (Lipinski definition) is 7. The lowest BCUT2D eigenvalue weighted by atomic mass is 10.0. The number of piperidine rings is 1. The van der Waals surface area contributed by atoms with Gasteiger partial charge in [0.2, 0.25) is 0 Å². The van der Waals surface area contributed by atoms with Gasteiger partial charge in [-0.2, -0.15) is 5.26 Å². The number of likely N-dealkylation sites (tertiary alicyclic amines) is 1. The van der Waals surface area contributed by atoms with Crippen LogP contribution in [0.1, 0.15) is 42.2 Å². The molecular formula is C32H28Cl2F2N8. The highest BCUT2D eigenvalue weighted by Crippen LogP contribution is 2.37. The molecular weight excluding hydrogens is 605 g/mol. The lowest BCUT2D eigenvalue weighted by Gasteiger charge is -2.33. The summed E-state index contributed by atoms with van der Waals surface area (Å²) in [6.45, 7) is 4.01. The van der Waals surface area contributed by atoms with E-state index in [0.29, 0.717) is 51.6 Å². The number of halogens is 4. The van der Waals surface area contributed by atoms with Crippen LogP contribution >= 0.6 is 23.2 Å². The van der Waals surface area contributed by atoms with Gasteiger partial charge in [0, 0.05) is 36.0 Å². The van der Waals surface area contributed by atoms with Crippen LogP contribution < -0.4 is 10.6 Å².